The molecule has 3 heterocycles. The average molecular weight is 443 g/mol. The molecule has 2 aromatic carbocycles. The minimum atomic E-state index is 0.0200. The Bertz CT molecular complexity index is 1290. The Kier molecular flexibility index (Phi) is 5.99. The summed E-state index contributed by atoms with van der Waals surface area (Å²) < 4.78 is 7.42. The molecule has 0 bridgehead atoms. The van der Waals surface area contributed by atoms with Crippen LogP contribution in [-0.4, -0.2) is 32.3 Å². The number of hydrogen-bond acceptors (Lipinski definition) is 6. The van der Waals surface area contributed by atoms with Gasteiger partial charge in [0.2, 0.25) is 5.91 Å². The summed E-state index contributed by atoms with van der Waals surface area (Å²) in [6.45, 7) is 4.09. The Balaban J connectivity index is 1.50. The molecule has 0 spiro atoms. The van der Waals surface area contributed by atoms with E-state index in [1.807, 2.05) is 43.3 Å². The highest BCUT2D eigenvalue weighted by atomic mass is 16.5. The maximum Gasteiger partial charge on any atom is 0.253 e. The van der Waals surface area contributed by atoms with Gasteiger partial charge in [-0.2, -0.15) is 14.8 Å². The Morgan fingerprint density at radius 3 is 2.82 bits per heavy atom. The molecule has 1 amide bonds. The summed E-state index contributed by atoms with van der Waals surface area (Å²) in [5.74, 6) is 1.34. The first-order valence-electron chi connectivity index (χ1n) is 11.2. The lowest BCUT2D eigenvalue weighted by atomic mass is 10.1. The lowest BCUT2D eigenvalue weighted by Gasteiger charge is -2.20. The maximum absolute atomic E-state index is 11.7. The number of nitrogens with zero attached hydrogens (tertiary/aromatic N) is 4. The van der Waals surface area contributed by atoms with Crippen LogP contribution < -0.4 is 10.6 Å². The lowest BCUT2D eigenvalue weighted by Crippen LogP contribution is -2.21. The largest absolute Gasteiger partial charge is 0.375 e. The fourth-order valence-electron chi connectivity index (χ4n) is 4.01. The Morgan fingerprint density at radius 1 is 1.09 bits per heavy atom. The van der Waals surface area contributed by atoms with Gasteiger partial charge in [-0.25, -0.2) is 4.98 Å². The summed E-state index contributed by atoms with van der Waals surface area (Å²) >= 11 is 0. The SMILES string of the molecule is CCC(=O)NCc1cccc2c1cnn2-c1nc2c(c(NCc3ccccc3)n1)CCOC2. The normalized spacial score (nSPS) is 13.0. The van der Waals surface area contributed by atoms with Crippen molar-refractivity contribution in [2.24, 2.45) is 0 Å². The minimum absolute atomic E-state index is 0.0200. The number of nitrogens with one attached hydrogen (secondary N) is 2. The summed E-state index contributed by atoms with van der Waals surface area (Å²) in [4.78, 5) is 21.4. The number of carbonyl (C=O) groups is 1. The smallest absolute Gasteiger partial charge is 0.253 e. The van der Waals surface area contributed by atoms with Gasteiger partial charge in [0.15, 0.2) is 0 Å². The molecule has 2 aromatic heterocycles. The summed E-state index contributed by atoms with van der Waals surface area (Å²) in [7, 11) is 0. The van der Waals surface area contributed by atoms with Crippen molar-refractivity contribution in [3.8, 4) is 5.95 Å². The van der Waals surface area contributed by atoms with Crippen molar-refractivity contribution in [1.82, 2.24) is 25.1 Å². The van der Waals surface area contributed by atoms with Gasteiger partial charge >= 0.3 is 0 Å². The molecule has 0 saturated heterocycles. The first-order valence-corrected chi connectivity index (χ1v) is 11.2. The van der Waals surface area contributed by atoms with E-state index in [4.69, 9.17) is 14.7 Å². The fourth-order valence-corrected chi connectivity index (χ4v) is 4.01. The van der Waals surface area contributed by atoms with Gasteiger partial charge in [0.25, 0.3) is 5.95 Å². The summed E-state index contributed by atoms with van der Waals surface area (Å²) in [5, 5.41) is 12.0. The molecule has 0 unspecified atom stereocenters. The van der Waals surface area contributed by atoms with E-state index in [0.29, 0.717) is 38.7 Å². The molecule has 33 heavy (non-hydrogen) atoms. The van der Waals surface area contributed by atoms with Crippen LogP contribution in [0.15, 0.2) is 54.7 Å². The second kappa shape index (κ2) is 9.38. The van der Waals surface area contributed by atoms with Crippen LogP contribution in [0.25, 0.3) is 16.9 Å². The van der Waals surface area contributed by atoms with Crippen molar-refractivity contribution in [1.29, 1.82) is 0 Å². The highest BCUT2D eigenvalue weighted by Gasteiger charge is 2.20. The zero-order valence-electron chi connectivity index (χ0n) is 18.5. The van der Waals surface area contributed by atoms with Gasteiger partial charge in [-0.1, -0.05) is 49.4 Å². The number of aromatic nitrogens is 4. The van der Waals surface area contributed by atoms with Crippen molar-refractivity contribution in [2.45, 2.75) is 39.5 Å². The van der Waals surface area contributed by atoms with Crippen molar-refractivity contribution < 1.29 is 9.53 Å². The van der Waals surface area contributed by atoms with E-state index >= 15 is 0 Å². The molecular weight excluding hydrogens is 416 g/mol. The number of anilines is 1. The molecule has 0 atom stereocenters. The third-order valence-electron chi connectivity index (χ3n) is 5.81. The molecule has 2 N–H and O–H groups in total. The molecule has 0 saturated carbocycles. The van der Waals surface area contributed by atoms with E-state index in [1.165, 1.54) is 5.56 Å². The Morgan fingerprint density at radius 2 is 1.97 bits per heavy atom. The van der Waals surface area contributed by atoms with Gasteiger partial charge < -0.3 is 15.4 Å². The molecule has 8 heteroatoms. The number of rotatable bonds is 7. The number of amides is 1. The van der Waals surface area contributed by atoms with Crippen LogP contribution in [0.1, 0.15) is 35.7 Å². The van der Waals surface area contributed by atoms with Crippen molar-refractivity contribution in [2.75, 3.05) is 11.9 Å². The molecule has 0 radical (unpaired) electrons. The monoisotopic (exact) mass is 442 g/mol. The molecule has 0 fully saturated rings. The fraction of sp³-hybridized carbons (Fsp3) is 0.280. The molecule has 1 aliphatic heterocycles. The predicted octanol–water partition coefficient (Wildman–Crippen LogP) is 3.53. The van der Waals surface area contributed by atoms with Crippen LogP contribution >= 0.6 is 0 Å². The zero-order chi connectivity index (χ0) is 22.6. The molecular formula is C25H26N6O2. The van der Waals surface area contributed by atoms with Crippen molar-refractivity contribution in [3.63, 3.8) is 0 Å². The van der Waals surface area contributed by atoms with Gasteiger partial charge in [-0.05, 0) is 17.2 Å². The van der Waals surface area contributed by atoms with Gasteiger partial charge in [0.1, 0.15) is 5.82 Å². The van der Waals surface area contributed by atoms with E-state index in [9.17, 15) is 4.79 Å². The Labute approximate surface area is 192 Å². The van der Waals surface area contributed by atoms with Gasteiger partial charge in [-0.15, -0.1) is 0 Å². The van der Waals surface area contributed by atoms with E-state index in [0.717, 1.165) is 40.0 Å². The first-order chi connectivity index (χ1) is 16.2. The standard InChI is InChI=1S/C25H26N6O2/c1-2-23(32)26-14-18-9-6-10-22-20(18)15-28-31(22)25-29-21-16-33-12-11-19(21)24(30-25)27-13-17-7-4-3-5-8-17/h3-10,15H,2,11-14,16H2,1H3,(H,26,32)(H,27,29,30). The molecule has 0 aliphatic carbocycles. The molecule has 4 aromatic rings. The van der Waals surface area contributed by atoms with Crippen LogP contribution in [0.4, 0.5) is 5.82 Å². The van der Waals surface area contributed by atoms with E-state index < -0.39 is 0 Å². The zero-order valence-corrected chi connectivity index (χ0v) is 18.5. The first kappa shape index (κ1) is 21.1. The third kappa shape index (κ3) is 4.42. The summed E-state index contributed by atoms with van der Waals surface area (Å²) in [6, 6.07) is 16.2. The lowest BCUT2D eigenvalue weighted by molar-refractivity contribution is -0.120. The van der Waals surface area contributed by atoms with Crippen LogP contribution in [0.3, 0.4) is 0 Å². The quantitative estimate of drug-likeness (QED) is 0.455. The summed E-state index contributed by atoms with van der Waals surface area (Å²) in [5.41, 5.74) is 5.06. The van der Waals surface area contributed by atoms with Crippen LogP contribution in [-0.2, 0) is 35.6 Å². The number of hydrogen-bond donors (Lipinski definition) is 2. The molecule has 168 valence electrons. The molecule has 1 aliphatic rings. The topological polar surface area (TPSA) is 94.0 Å². The second-order valence-electron chi connectivity index (χ2n) is 7.98. The van der Waals surface area contributed by atoms with Gasteiger partial charge in [0.05, 0.1) is 30.6 Å². The van der Waals surface area contributed by atoms with E-state index in [2.05, 4.69) is 27.9 Å². The van der Waals surface area contributed by atoms with Crippen molar-refractivity contribution >= 4 is 22.6 Å². The second-order valence-corrected chi connectivity index (χ2v) is 7.98. The number of fused-ring (bicyclic) bond motifs is 2. The van der Waals surface area contributed by atoms with Gasteiger partial charge in [-0.3, -0.25) is 4.79 Å². The van der Waals surface area contributed by atoms with Gasteiger partial charge in [0, 0.05) is 36.9 Å². The van der Waals surface area contributed by atoms with Crippen LogP contribution in [0.2, 0.25) is 0 Å². The minimum Gasteiger partial charge on any atom is -0.375 e. The van der Waals surface area contributed by atoms with Crippen LogP contribution in [0, 0.1) is 0 Å². The highest BCUT2D eigenvalue weighted by molar-refractivity contribution is 5.84. The van der Waals surface area contributed by atoms with Crippen molar-refractivity contribution in [3.05, 3.63) is 77.1 Å². The molecule has 8 nitrogen and oxygen atoms in total. The third-order valence-corrected chi connectivity index (χ3v) is 5.81. The van der Waals surface area contributed by atoms with E-state index in [-0.39, 0.29) is 5.91 Å². The van der Waals surface area contributed by atoms with Crippen LogP contribution in [0.5, 0.6) is 0 Å². The number of ether oxygens (including phenoxy) is 1. The number of carbonyl (C=O) groups excluding carboxylic acids is 1. The summed E-state index contributed by atoms with van der Waals surface area (Å²) in [6.07, 6.45) is 3.03. The maximum atomic E-state index is 11.7. The average Bonchev–Trinajstić information content (AvgIpc) is 3.31. The predicted molar refractivity (Wildman–Crippen MR) is 126 cm³/mol. The Hall–Kier alpha value is -3.78. The van der Waals surface area contributed by atoms with E-state index in [1.54, 1.807) is 10.9 Å². The highest BCUT2D eigenvalue weighted by Crippen LogP contribution is 2.26. The number of benzene rings is 2. The molecule has 5 rings (SSSR count).